The molecule has 1 aromatic carbocycles. The molecule has 0 aliphatic rings. The lowest BCUT2D eigenvalue weighted by Gasteiger charge is -2.08. The van der Waals surface area contributed by atoms with Gasteiger partial charge in [-0.25, -0.2) is 14.8 Å². The summed E-state index contributed by atoms with van der Waals surface area (Å²) in [4.78, 5) is 19.4. The Morgan fingerprint density at radius 1 is 1.32 bits per heavy atom. The molecule has 0 unspecified atom stereocenters. The molecule has 2 aromatic rings. The summed E-state index contributed by atoms with van der Waals surface area (Å²) < 4.78 is 5.64. The number of nitrogens with zero attached hydrogens (tertiary/aromatic N) is 2. The number of nitrogens with one attached hydrogen (secondary N) is 1. The van der Waals surface area contributed by atoms with Gasteiger partial charge in [0.05, 0.1) is 6.61 Å². The van der Waals surface area contributed by atoms with E-state index in [9.17, 15) is 4.79 Å². The average molecular weight is 301 g/mol. The molecule has 1 heterocycles. The fraction of sp³-hybridized carbons (Fsp3) is 0.312. The summed E-state index contributed by atoms with van der Waals surface area (Å²) in [7, 11) is 0. The largest absolute Gasteiger partial charge is 0.493 e. The quantitative estimate of drug-likeness (QED) is 0.817. The molecular formula is C16H19N3O3. The zero-order valence-electron chi connectivity index (χ0n) is 12.7. The Labute approximate surface area is 129 Å². The fourth-order valence-corrected chi connectivity index (χ4v) is 1.96. The Bertz CT molecular complexity index is 659. The van der Waals surface area contributed by atoms with Gasteiger partial charge in [-0.3, -0.25) is 0 Å². The third-order valence-electron chi connectivity index (χ3n) is 2.93. The topological polar surface area (TPSA) is 84.3 Å². The van der Waals surface area contributed by atoms with Gasteiger partial charge in [-0.2, -0.15) is 0 Å². The van der Waals surface area contributed by atoms with Crippen LogP contribution in [-0.4, -0.2) is 34.2 Å². The van der Waals surface area contributed by atoms with Crippen molar-refractivity contribution in [3.8, 4) is 5.75 Å². The highest BCUT2D eigenvalue weighted by molar-refractivity contribution is 5.86. The molecule has 0 aliphatic heterocycles. The summed E-state index contributed by atoms with van der Waals surface area (Å²) in [6.45, 7) is 4.96. The number of aromatic nitrogens is 2. The van der Waals surface area contributed by atoms with E-state index in [1.807, 2.05) is 38.1 Å². The lowest BCUT2D eigenvalue weighted by Crippen LogP contribution is -2.12. The van der Waals surface area contributed by atoms with Gasteiger partial charge in [0.2, 0.25) is 0 Å². The Hall–Kier alpha value is -2.63. The second-order valence-electron chi connectivity index (χ2n) is 4.81. The lowest BCUT2D eigenvalue weighted by atomic mass is 10.2. The predicted octanol–water partition coefficient (Wildman–Crippen LogP) is 2.54. The maximum Gasteiger partial charge on any atom is 0.354 e. The highest BCUT2D eigenvalue weighted by Gasteiger charge is 2.10. The third-order valence-corrected chi connectivity index (χ3v) is 2.93. The van der Waals surface area contributed by atoms with Gasteiger partial charge in [0.1, 0.15) is 17.4 Å². The van der Waals surface area contributed by atoms with Crippen LogP contribution in [0.4, 0.5) is 5.82 Å². The van der Waals surface area contributed by atoms with Crippen molar-refractivity contribution in [1.29, 1.82) is 0 Å². The van der Waals surface area contributed by atoms with Gasteiger partial charge in [-0.15, -0.1) is 0 Å². The first-order valence-corrected chi connectivity index (χ1v) is 7.13. The molecule has 0 radical (unpaired) electrons. The van der Waals surface area contributed by atoms with Crippen molar-refractivity contribution in [3.05, 3.63) is 47.4 Å². The van der Waals surface area contributed by atoms with Gasteiger partial charge in [0.25, 0.3) is 0 Å². The van der Waals surface area contributed by atoms with Crippen molar-refractivity contribution < 1.29 is 14.6 Å². The van der Waals surface area contributed by atoms with Crippen LogP contribution in [-0.2, 0) is 6.42 Å². The first-order chi connectivity index (χ1) is 10.6. The van der Waals surface area contributed by atoms with E-state index in [0.29, 0.717) is 31.2 Å². The minimum Gasteiger partial charge on any atom is -0.493 e. The monoisotopic (exact) mass is 301 g/mol. The van der Waals surface area contributed by atoms with E-state index in [4.69, 9.17) is 9.84 Å². The van der Waals surface area contributed by atoms with E-state index in [2.05, 4.69) is 15.3 Å². The first-order valence-electron chi connectivity index (χ1n) is 7.13. The van der Waals surface area contributed by atoms with E-state index >= 15 is 0 Å². The molecule has 0 saturated carbocycles. The minimum atomic E-state index is -1.07. The number of ether oxygens (including phenoxy) is 1. The van der Waals surface area contributed by atoms with E-state index in [1.165, 1.54) is 6.07 Å². The molecule has 0 amide bonds. The molecular weight excluding hydrogens is 282 g/mol. The lowest BCUT2D eigenvalue weighted by molar-refractivity contribution is 0.0690. The standard InChI is InChI=1S/C16H19N3O3/c1-3-17-15-10-13(16(20)21)18-14(19-15)7-8-22-12-6-4-5-11(2)9-12/h4-6,9-10H,3,7-8H2,1-2H3,(H,20,21)(H,17,18,19). The van der Waals surface area contributed by atoms with Crippen LogP contribution in [0.15, 0.2) is 30.3 Å². The zero-order valence-corrected chi connectivity index (χ0v) is 12.7. The van der Waals surface area contributed by atoms with Gasteiger partial charge in [0.15, 0.2) is 5.69 Å². The van der Waals surface area contributed by atoms with E-state index < -0.39 is 5.97 Å². The Balaban J connectivity index is 2.03. The number of aromatic carboxylic acids is 1. The zero-order chi connectivity index (χ0) is 15.9. The molecule has 1 aromatic heterocycles. The maximum atomic E-state index is 11.1. The Kier molecular flexibility index (Phi) is 5.30. The molecule has 6 nitrogen and oxygen atoms in total. The highest BCUT2D eigenvalue weighted by atomic mass is 16.5. The molecule has 6 heteroatoms. The van der Waals surface area contributed by atoms with Gasteiger partial charge in [-0.1, -0.05) is 12.1 Å². The van der Waals surface area contributed by atoms with Crippen molar-refractivity contribution in [3.63, 3.8) is 0 Å². The van der Waals surface area contributed by atoms with Crippen molar-refractivity contribution in [2.24, 2.45) is 0 Å². The van der Waals surface area contributed by atoms with Gasteiger partial charge in [0, 0.05) is 19.0 Å². The second kappa shape index (κ2) is 7.40. The summed E-state index contributed by atoms with van der Waals surface area (Å²) in [6, 6.07) is 9.17. The number of hydrogen-bond donors (Lipinski definition) is 2. The highest BCUT2D eigenvalue weighted by Crippen LogP contribution is 2.13. The average Bonchev–Trinajstić information content (AvgIpc) is 2.47. The summed E-state index contributed by atoms with van der Waals surface area (Å²) >= 11 is 0. The molecule has 2 N–H and O–H groups in total. The number of carbonyl (C=O) groups is 1. The molecule has 116 valence electrons. The van der Waals surface area contributed by atoms with Crippen LogP contribution in [0.2, 0.25) is 0 Å². The number of benzene rings is 1. The maximum absolute atomic E-state index is 11.1. The molecule has 0 aliphatic carbocycles. The van der Waals surface area contributed by atoms with Crippen LogP contribution < -0.4 is 10.1 Å². The fourth-order valence-electron chi connectivity index (χ4n) is 1.96. The van der Waals surface area contributed by atoms with Gasteiger partial charge < -0.3 is 15.2 Å². The van der Waals surface area contributed by atoms with E-state index in [0.717, 1.165) is 11.3 Å². The van der Waals surface area contributed by atoms with Crippen LogP contribution in [0.1, 0.15) is 28.8 Å². The number of rotatable bonds is 7. The van der Waals surface area contributed by atoms with Crippen LogP contribution in [0, 0.1) is 6.92 Å². The molecule has 22 heavy (non-hydrogen) atoms. The molecule has 0 fully saturated rings. The second-order valence-corrected chi connectivity index (χ2v) is 4.81. The van der Waals surface area contributed by atoms with Crippen molar-refractivity contribution in [2.75, 3.05) is 18.5 Å². The van der Waals surface area contributed by atoms with Crippen LogP contribution >= 0.6 is 0 Å². The first kappa shape index (κ1) is 15.8. The van der Waals surface area contributed by atoms with Crippen LogP contribution in [0.5, 0.6) is 5.75 Å². The summed E-state index contributed by atoms with van der Waals surface area (Å²) in [5, 5.41) is 12.1. The Morgan fingerprint density at radius 3 is 2.82 bits per heavy atom. The van der Waals surface area contributed by atoms with Gasteiger partial charge in [-0.05, 0) is 31.5 Å². The van der Waals surface area contributed by atoms with E-state index in [1.54, 1.807) is 0 Å². The van der Waals surface area contributed by atoms with Crippen molar-refractivity contribution in [1.82, 2.24) is 9.97 Å². The van der Waals surface area contributed by atoms with Crippen LogP contribution in [0.3, 0.4) is 0 Å². The Morgan fingerprint density at radius 2 is 2.14 bits per heavy atom. The number of carboxylic acids is 1. The number of aryl methyl sites for hydroxylation is 1. The SMILES string of the molecule is CCNc1cc(C(=O)O)nc(CCOc2cccc(C)c2)n1. The smallest absolute Gasteiger partial charge is 0.354 e. The summed E-state index contributed by atoms with van der Waals surface area (Å²) in [5.41, 5.74) is 1.10. The minimum absolute atomic E-state index is 0.0171. The number of hydrogen-bond acceptors (Lipinski definition) is 5. The molecule has 0 saturated heterocycles. The van der Waals surface area contributed by atoms with Crippen molar-refractivity contribution in [2.45, 2.75) is 20.3 Å². The van der Waals surface area contributed by atoms with E-state index in [-0.39, 0.29) is 5.69 Å². The van der Waals surface area contributed by atoms with Crippen molar-refractivity contribution >= 4 is 11.8 Å². The summed E-state index contributed by atoms with van der Waals surface area (Å²) in [5.74, 6) is 0.674. The molecule has 0 atom stereocenters. The number of carboxylic acid groups (broad SMARTS) is 1. The summed E-state index contributed by atoms with van der Waals surface area (Å²) in [6.07, 6.45) is 0.438. The van der Waals surface area contributed by atoms with Crippen LogP contribution in [0.25, 0.3) is 0 Å². The third kappa shape index (κ3) is 4.44. The van der Waals surface area contributed by atoms with Gasteiger partial charge >= 0.3 is 5.97 Å². The molecule has 0 spiro atoms. The molecule has 2 rings (SSSR count). The normalized spacial score (nSPS) is 10.3. The number of anilines is 1. The predicted molar refractivity (Wildman–Crippen MR) is 83.5 cm³/mol. The molecule has 0 bridgehead atoms.